The maximum absolute atomic E-state index is 12.8. The molecule has 0 aromatic heterocycles. The number of carbonyl (C=O) groups excluding carboxylic acids is 2. The minimum Gasteiger partial charge on any atom is -0.497 e. The third-order valence-corrected chi connectivity index (χ3v) is 4.09. The Morgan fingerprint density at radius 3 is 2.50 bits per heavy atom. The molecule has 3 amide bonds. The Balaban J connectivity index is 1.85. The first kappa shape index (κ1) is 15.9. The van der Waals surface area contributed by atoms with Crippen LogP contribution in [-0.2, 0) is 11.2 Å². The minimum atomic E-state index is -0.550. The van der Waals surface area contributed by atoms with Crippen molar-refractivity contribution in [3.8, 4) is 5.75 Å². The largest absolute Gasteiger partial charge is 0.497 e. The number of nitrogens with one attached hydrogen (secondary N) is 2. The van der Waals surface area contributed by atoms with Crippen molar-refractivity contribution in [1.82, 2.24) is 5.32 Å². The number of likely N-dealkylation sites (N-methyl/N-ethyl adjacent to an activating group) is 1. The number of para-hydroxylation sites is 1. The van der Waals surface area contributed by atoms with Crippen LogP contribution in [0, 0.1) is 0 Å². The second-order valence-corrected chi connectivity index (χ2v) is 5.49. The van der Waals surface area contributed by atoms with Crippen molar-refractivity contribution in [2.24, 2.45) is 0 Å². The Labute approximate surface area is 140 Å². The van der Waals surface area contributed by atoms with Crippen LogP contribution < -0.4 is 20.3 Å². The summed E-state index contributed by atoms with van der Waals surface area (Å²) in [7, 11) is 3.16. The molecule has 6 heteroatoms. The smallest absolute Gasteiger partial charge is 0.327 e. The van der Waals surface area contributed by atoms with Crippen molar-refractivity contribution in [1.29, 1.82) is 0 Å². The predicted molar refractivity (Wildman–Crippen MR) is 92.5 cm³/mol. The summed E-state index contributed by atoms with van der Waals surface area (Å²) in [5.74, 6) is 0.527. The van der Waals surface area contributed by atoms with Crippen LogP contribution in [0.15, 0.2) is 48.5 Å². The van der Waals surface area contributed by atoms with Gasteiger partial charge < -0.3 is 15.4 Å². The molecular formula is C18H19N3O3. The number of methoxy groups -OCH3 is 1. The maximum Gasteiger partial charge on any atom is 0.327 e. The molecule has 124 valence electrons. The average molecular weight is 325 g/mol. The van der Waals surface area contributed by atoms with Crippen LogP contribution in [-0.4, -0.2) is 32.1 Å². The van der Waals surface area contributed by atoms with Crippen molar-refractivity contribution in [3.05, 3.63) is 54.1 Å². The molecule has 1 aliphatic heterocycles. The zero-order valence-electron chi connectivity index (χ0n) is 13.6. The van der Waals surface area contributed by atoms with Crippen LogP contribution in [0.5, 0.6) is 5.75 Å². The van der Waals surface area contributed by atoms with Gasteiger partial charge in [0.25, 0.3) is 0 Å². The fraction of sp³-hybridized carbons (Fsp3) is 0.222. The van der Waals surface area contributed by atoms with Gasteiger partial charge in [0.2, 0.25) is 5.91 Å². The van der Waals surface area contributed by atoms with Crippen LogP contribution in [0.25, 0.3) is 0 Å². The molecule has 3 rings (SSSR count). The molecule has 24 heavy (non-hydrogen) atoms. The lowest BCUT2D eigenvalue weighted by molar-refractivity contribution is -0.121. The van der Waals surface area contributed by atoms with E-state index in [4.69, 9.17) is 4.74 Å². The van der Waals surface area contributed by atoms with E-state index in [0.717, 1.165) is 11.3 Å². The second-order valence-electron chi connectivity index (χ2n) is 5.49. The molecule has 0 saturated heterocycles. The van der Waals surface area contributed by atoms with Crippen LogP contribution in [0.2, 0.25) is 0 Å². The molecule has 0 spiro atoms. The lowest BCUT2D eigenvalue weighted by Crippen LogP contribution is -2.48. The first-order chi connectivity index (χ1) is 11.6. The number of benzene rings is 2. The van der Waals surface area contributed by atoms with E-state index in [2.05, 4.69) is 10.6 Å². The van der Waals surface area contributed by atoms with Crippen LogP contribution in [0.1, 0.15) is 5.56 Å². The van der Waals surface area contributed by atoms with Gasteiger partial charge >= 0.3 is 6.03 Å². The van der Waals surface area contributed by atoms with Crippen molar-refractivity contribution in [2.45, 2.75) is 12.5 Å². The van der Waals surface area contributed by atoms with E-state index in [1.165, 1.54) is 4.90 Å². The summed E-state index contributed by atoms with van der Waals surface area (Å²) in [5, 5.41) is 5.46. The highest BCUT2D eigenvalue weighted by molar-refractivity contribution is 6.08. The van der Waals surface area contributed by atoms with Crippen molar-refractivity contribution < 1.29 is 14.3 Å². The van der Waals surface area contributed by atoms with Gasteiger partial charge in [-0.3, -0.25) is 9.69 Å². The molecule has 2 aromatic carbocycles. The molecule has 0 radical (unpaired) electrons. The molecule has 0 aliphatic carbocycles. The predicted octanol–water partition coefficient (Wildman–Crippen LogP) is 2.40. The third kappa shape index (κ3) is 2.90. The van der Waals surface area contributed by atoms with Crippen LogP contribution in [0.3, 0.4) is 0 Å². The Morgan fingerprint density at radius 2 is 1.83 bits per heavy atom. The minimum absolute atomic E-state index is 0.184. The molecule has 2 N–H and O–H groups in total. The van der Waals surface area contributed by atoms with E-state index in [-0.39, 0.29) is 11.9 Å². The van der Waals surface area contributed by atoms with Gasteiger partial charge in [-0.2, -0.15) is 0 Å². The number of anilines is 2. The number of nitrogens with zero attached hydrogens (tertiary/aromatic N) is 1. The molecule has 1 atom stereocenters. The van der Waals surface area contributed by atoms with Crippen molar-refractivity contribution in [3.63, 3.8) is 0 Å². The Kier molecular flexibility index (Phi) is 4.37. The molecule has 2 aromatic rings. The van der Waals surface area contributed by atoms with Gasteiger partial charge in [-0.05, 0) is 35.9 Å². The van der Waals surface area contributed by atoms with Gasteiger partial charge in [-0.25, -0.2) is 4.79 Å². The molecule has 0 fully saturated rings. The number of hydrogen-bond acceptors (Lipinski definition) is 3. The molecule has 6 nitrogen and oxygen atoms in total. The maximum atomic E-state index is 12.8. The van der Waals surface area contributed by atoms with Crippen LogP contribution in [0.4, 0.5) is 16.2 Å². The lowest BCUT2D eigenvalue weighted by Gasteiger charge is -2.24. The summed E-state index contributed by atoms with van der Waals surface area (Å²) in [6.07, 6.45) is 0.506. The van der Waals surface area contributed by atoms with Crippen molar-refractivity contribution in [2.75, 3.05) is 24.4 Å². The summed E-state index contributed by atoms with van der Waals surface area (Å²) >= 11 is 0. The van der Waals surface area contributed by atoms with Crippen LogP contribution >= 0.6 is 0 Å². The van der Waals surface area contributed by atoms with Crippen molar-refractivity contribution >= 4 is 23.3 Å². The summed E-state index contributed by atoms with van der Waals surface area (Å²) in [6, 6.07) is 13.7. The Bertz CT molecular complexity index is 758. The molecule has 0 bridgehead atoms. The normalized spacial score (nSPS) is 15.6. The third-order valence-electron chi connectivity index (χ3n) is 4.09. The zero-order valence-corrected chi connectivity index (χ0v) is 13.6. The monoisotopic (exact) mass is 325 g/mol. The molecule has 1 heterocycles. The standard InChI is InChI=1S/C18H19N3O3/c1-19-17(22)16-11-12-5-3-4-6-15(12)21(16)18(23)20-13-7-9-14(24-2)10-8-13/h3-10,16H,11H2,1-2H3,(H,19,22)(H,20,23)/t16-/m1/s1. The summed E-state index contributed by atoms with van der Waals surface area (Å²) in [6.45, 7) is 0. The number of amides is 3. The number of ether oxygens (including phenoxy) is 1. The molecule has 0 unspecified atom stereocenters. The summed E-state index contributed by atoms with van der Waals surface area (Å²) in [5.41, 5.74) is 2.38. The number of hydrogen-bond donors (Lipinski definition) is 2. The molecule has 1 aliphatic rings. The van der Waals surface area contributed by atoms with E-state index in [0.29, 0.717) is 17.9 Å². The second kappa shape index (κ2) is 6.62. The van der Waals surface area contributed by atoms with E-state index >= 15 is 0 Å². The Hall–Kier alpha value is -3.02. The molecule has 0 saturated carbocycles. The zero-order chi connectivity index (χ0) is 17.1. The highest BCUT2D eigenvalue weighted by atomic mass is 16.5. The highest BCUT2D eigenvalue weighted by Crippen LogP contribution is 2.32. The SMILES string of the molecule is CNC(=O)[C@H]1Cc2ccccc2N1C(=O)Nc1ccc(OC)cc1. The quantitative estimate of drug-likeness (QED) is 0.910. The number of fused-ring (bicyclic) bond motifs is 1. The Morgan fingerprint density at radius 1 is 1.12 bits per heavy atom. The fourth-order valence-electron chi connectivity index (χ4n) is 2.87. The average Bonchev–Trinajstić information content (AvgIpc) is 3.01. The van der Waals surface area contributed by atoms with Gasteiger partial charge in [0.05, 0.1) is 7.11 Å². The van der Waals surface area contributed by atoms with Gasteiger partial charge in [0.15, 0.2) is 0 Å². The van der Waals surface area contributed by atoms with E-state index < -0.39 is 6.04 Å². The lowest BCUT2D eigenvalue weighted by atomic mass is 10.1. The van der Waals surface area contributed by atoms with Gasteiger partial charge in [-0.1, -0.05) is 18.2 Å². The van der Waals surface area contributed by atoms with E-state index in [1.807, 2.05) is 24.3 Å². The van der Waals surface area contributed by atoms with Gasteiger partial charge in [0.1, 0.15) is 11.8 Å². The summed E-state index contributed by atoms with van der Waals surface area (Å²) in [4.78, 5) is 26.5. The molecular weight excluding hydrogens is 306 g/mol. The highest BCUT2D eigenvalue weighted by Gasteiger charge is 2.37. The first-order valence-corrected chi connectivity index (χ1v) is 7.68. The number of rotatable bonds is 3. The van der Waals surface area contributed by atoms with Gasteiger partial charge in [-0.15, -0.1) is 0 Å². The number of carbonyl (C=O) groups is 2. The van der Waals surface area contributed by atoms with E-state index in [9.17, 15) is 9.59 Å². The van der Waals surface area contributed by atoms with Gasteiger partial charge in [0, 0.05) is 24.8 Å². The fourth-order valence-corrected chi connectivity index (χ4v) is 2.87. The number of urea groups is 1. The first-order valence-electron chi connectivity index (χ1n) is 7.68. The summed E-state index contributed by atoms with van der Waals surface area (Å²) < 4.78 is 5.11. The topological polar surface area (TPSA) is 70.7 Å². The van der Waals surface area contributed by atoms with E-state index in [1.54, 1.807) is 38.4 Å².